The standard InChI is InChI=1S/C22H16Cl2N2O3/c1-12-3-4-14(10-16(12)23)22-26-18-11-15(6-8-20(18)29-22)25-21(27)13-5-7-19(28-2)17(24)9-13/h3-11H,1-2H3,(H,25,27). The van der Waals surface area contributed by atoms with Gasteiger partial charge in [0.05, 0.1) is 12.1 Å². The van der Waals surface area contributed by atoms with Crippen LogP contribution < -0.4 is 10.1 Å². The summed E-state index contributed by atoms with van der Waals surface area (Å²) in [5.41, 5.74) is 4.03. The molecule has 0 aliphatic heterocycles. The van der Waals surface area contributed by atoms with Gasteiger partial charge >= 0.3 is 0 Å². The van der Waals surface area contributed by atoms with Crippen molar-refractivity contribution in [3.63, 3.8) is 0 Å². The van der Waals surface area contributed by atoms with Crippen molar-refractivity contribution in [2.75, 3.05) is 12.4 Å². The second-order valence-corrected chi connectivity index (χ2v) is 7.28. The average molecular weight is 427 g/mol. The molecule has 0 aliphatic carbocycles. The van der Waals surface area contributed by atoms with E-state index in [1.54, 1.807) is 36.4 Å². The lowest BCUT2D eigenvalue weighted by Crippen LogP contribution is -2.11. The highest BCUT2D eigenvalue weighted by atomic mass is 35.5. The molecule has 1 amide bonds. The number of aryl methyl sites for hydroxylation is 1. The predicted molar refractivity (Wildman–Crippen MR) is 115 cm³/mol. The van der Waals surface area contributed by atoms with Crippen LogP contribution in [0.5, 0.6) is 5.75 Å². The first-order valence-electron chi connectivity index (χ1n) is 8.76. The quantitative estimate of drug-likeness (QED) is 0.411. The van der Waals surface area contributed by atoms with Gasteiger partial charge in [-0.05, 0) is 61.0 Å². The van der Waals surface area contributed by atoms with Gasteiger partial charge in [-0.2, -0.15) is 0 Å². The Labute approximate surface area is 177 Å². The Morgan fingerprint density at radius 3 is 2.59 bits per heavy atom. The van der Waals surface area contributed by atoms with Crippen LogP contribution in [0.3, 0.4) is 0 Å². The molecule has 0 bridgehead atoms. The van der Waals surface area contributed by atoms with E-state index >= 15 is 0 Å². The molecular weight excluding hydrogens is 411 g/mol. The Balaban J connectivity index is 1.59. The maximum Gasteiger partial charge on any atom is 0.255 e. The van der Waals surface area contributed by atoms with E-state index in [-0.39, 0.29) is 5.91 Å². The van der Waals surface area contributed by atoms with Gasteiger partial charge in [0, 0.05) is 21.8 Å². The molecule has 5 nitrogen and oxygen atoms in total. The Morgan fingerprint density at radius 1 is 1.03 bits per heavy atom. The van der Waals surface area contributed by atoms with Gasteiger partial charge in [-0.1, -0.05) is 29.3 Å². The number of nitrogens with zero attached hydrogens (tertiary/aromatic N) is 1. The molecule has 0 spiro atoms. The number of fused-ring (bicyclic) bond motifs is 1. The van der Waals surface area contributed by atoms with E-state index in [1.807, 2.05) is 25.1 Å². The number of hydrogen-bond acceptors (Lipinski definition) is 4. The lowest BCUT2D eigenvalue weighted by atomic mass is 10.1. The number of aromatic nitrogens is 1. The molecule has 7 heteroatoms. The number of hydrogen-bond donors (Lipinski definition) is 1. The molecule has 0 saturated carbocycles. The predicted octanol–water partition coefficient (Wildman–Crippen LogP) is 6.37. The minimum absolute atomic E-state index is 0.289. The number of halogens is 2. The fourth-order valence-electron chi connectivity index (χ4n) is 2.87. The smallest absolute Gasteiger partial charge is 0.255 e. The summed E-state index contributed by atoms with van der Waals surface area (Å²) in [7, 11) is 1.52. The van der Waals surface area contributed by atoms with E-state index in [0.29, 0.717) is 44.0 Å². The van der Waals surface area contributed by atoms with Crippen molar-refractivity contribution < 1.29 is 13.9 Å². The van der Waals surface area contributed by atoms with Crippen LogP contribution in [0.15, 0.2) is 59.0 Å². The first kappa shape index (κ1) is 19.3. The van der Waals surface area contributed by atoms with E-state index in [4.69, 9.17) is 32.4 Å². The van der Waals surface area contributed by atoms with Crippen molar-refractivity contribution in [2.45, 2.75) is 6.92 Å². The Bertz CT molecular complexity index is 1230. The van der Waals surface area contributed by atoms with Gasteiger partial charge in [0.25, 0.3) is 5.91 Å². The molecule has 146 valence electrons. The second-order valence-electron chi connectivity index (χ2n) is 6.47. The fourth-order valence-corrected chi connectivity index (χ4v) is 3.30. The Kier molecular flexibility index (Phi) is 5.18. The molecule has 1 N–H and O–H groups in total. The number of nitrogens with one attached hydrogen (secondary N) is 1. The lowest BCUT2D eigenvalue weighted by molar-refractivity contribution is 0.102. The van der Waals surface area contributed by atoms with Gasteiger partial charge in [0.2, 0.25) is 5.89 Å². The summed E-state index contributed by atoms with van der Waals surface area (Å²) in [5, 5.41) is 3.86. The number of amides is 1. The summed E-state index contributed by atoms with van der Waals surface area (Å²) in [4.78, 5) is 17.0. The van der Waals surface area contributed by atoms with Gasteiger partial charge in [0.15, 0.2) is 5.58 Å². The van der Waals surface area contributed by atoms with Crippen LogP contribution in [0.2, 0.25) is 10.0 Å². The van der Waals surface area contributed by atoms with Crippen molar-refractivity contribution in [3.05, 3.63) is 75.8 Å². The molecule has 4 aromatic rings. The van der Waals surface area contributed by atoms with Gasteiger partial charge in [-0.25, -0.2) is 4.98 Å². The summed E-state index contributed by atoms with van der Waals surface area (Å²) < 4.78 is 10.9. The molecule has 1 aromatic heterocycles. The summed E-state index contributed by atoms with van der Waals surface area (Å²) in [6.07, 6.45) is 0. The SMILES string of the molecule is COc1ccc(C(=O)Nc2ccc3oc(-c4ccc(C)c(Cl)c4)nc3c2)cc1Cl. The van der Waals surface area contributed by atoms with Crippen molar-refractivity contribution in [1.82, 2.24) is 4.98 Å². The molecule has 0 aliphatic rings. The third-order valence-electron chi connectivity index (χ3n) is 4.48. The second kappa shape index (κ2) is 7.78. The largest absolute Gasteiger partial charge is 0.495 e. The van der Waals surface area contributed by atoms with Crippen molar-refractivity contribution >= 4 is 45.9 Å². The van der Waals surface area contributed by atoms with Crippen molar-refractivity contribution in [2.24, 2.45) is 0 Å². The maximum atomic E-state index is 12.5. The molecule has 0 atom stereocenters. The van der Waals surface area contributed by atoms with Crippen LogP contribution in [-0.2, 0) is 0 Å². The molecular formula is C22H16Cl2N2O3. The number of carbonyl (C=O) groups excluding carboxylic acids is 1. The topological polar surface area (TPSA) is 64.4 Å². The van der Waals surface area contributed by atoms with Gasteiger partial charge < -0.3 is 14.5 Å². The van der Waals surface area contributed by atoms with Gasteiger partial charge in [-0.15, -0.1) is 0 Å². The molecule has 0 unspecified atom stereocenters. The zero-order valence-corrected chi connectivity index (χ0v) is 17.1. The normalized spacial score (nSPS) is 10.9. The molecule has 1 heterocycles. The van der Waals surface area contributed by atoms with Crippen molar-refractivity contribution in [1.29, 1.82) is 0 Å². The van der Waals surface area contributed by atoms with E-state index in [2.05, 4.69) is 10.3 Å². The zero-order chi connectivity index (χ0) is 20.5. The highest BCUT2D eigenvalue weighted by Crippen LogP contribution is 2.29. The zero-order valence-electron chi connectivity index (χ0n) is 15.6. The van der Waals surface area contributed by atoms with E-state index in [1.165, 1.54) is 7.11 Å². The monoisotopic (exact) mass is 426 g/mol. The van der Waals surface area contributed by atoms with Crippen LogP contribution in [0.1, 0.15) is 15.9 Å². The van der Waals surface area contributed by atoms with Crippen LogP contribution in [0.25, 0.3) is 22.6 Å². The highest BCUT2D eigenvalue weighted by molar-refractivity contribution is 6.32. The minimum Gasteiger partial charge on any atom is -0.495 e. The number of benzene rings is 3. The van der Waals surface area contributed by atoms with Gasteiger partial charge in [-0.3, -0.25) is 4.79 Å². The first-order chi connectivity index (χ1) is 13.9. The first-order valence-corrected chi connectivity index (χ1v) is 9.52. The van der Waals surface area contributed by atoms with Crippen molar-refractivity contribution in [3.8, 4) is 17.2 Å². The summed E-state index contributed by atoms with van der Waals surface area (Å²) in [6.45, 7) is 1.93. The number of oxazole rings is 1. The molecule has 29 heavy (non-hydrogen) atoms. The summed E-state index contributed by atoms with van der Waals surface area (Å²) >= 11 is 12.3. The Hall–Kier alpha value is -3.02. The number of carbonyl (C=O) groups is 1. The molecule has 0 saturated heterocycles. The van der Waals surface area contributed by atoms with Crippen LogP contribution in [-0.4, -0.2) is 18.0 Å². The third-order valence-corrected chi connectivity index (χ3v) is 5.18. The van der Waals surface area contributed by atoms with Crippen LogP contribution in [0, 0.1) is 6.92 Å². The van der Waals surface area contributed by atoms with E-state index < -0.39 is 0 Å². The third kappa shape index (κ3) is 3.92. The Morgan fingerprint density at radius 2 is 1.86 bits per heavy atom. The molecule has 3 aromatic carbocycles. The van der Waals surface area contributed by atoms with Crippen LogP contribution in [0.4, 0.5) is 5.69 Å². The van der Waals surface area contributed by atoms with E-state index in [9.17, 15) is 4.79 Å². The summed E-state index contributed by atoms with van der Waals surface area (Å²) in [6, 6.07) is 15.8. The van der Waals surface area contributed by atoms with Crippen LogP contribution >= 0.6 is 23.2 Å². The summed E-state index contributed by atoms with van der Waals surface area (Å²) in [5.74, 6) is 0.686. The lowest BCUT2D eigenvalue weighted by Gasteiger charge is -2.07. The molecule has 0 radical (unpaired) electrons. The number of ether oxygens (including phenoxy) is 1. The minimum atomic E-state index is -0.289. The number of anilines is 1. The average Bonchev–Trinajstić information content (AvgIpc) is 3.13. The number of methoxy groups -OCH3 is 1. The fraction of sp³-hybridized carbons (Fsp3) is 0.0909. The number of rotatable bonds is 4. The van der Waals surface area contributed by atoms with E-state index in [0.717, 1.165) is 11.1 Å². The highest BCUT2D eigenvalue weighted by Gasteiger charge is 2.13. The van der Waals surface area contributed by atoms with Gasteiger partial charge in [0.1, 0.15) is 11.3 Å². The molecule has 0 fully saturated rings. The molecule has 4 rings (SSSR count). The maximum absolute atomic E-state index is 12.5.